The van der Waals surface area contributed by atoms with Crippen LogP contribution in [-0.4, -0.2) is 25.2 Å². The summed E-state index contributed by atoms with van der Waals surface area (Å²) in [6.07, 6.45) is 2.78. The quantitative estimate of drug-likeness (QED) is 0.209. The molecule has 4 nitrogen and oxygen atoms in total. The molecule has 0 aliphatic heterocycles. The van der Waals surface area contributed by atoms with Crippen LogP contribution in [0.4, 0.5) is 0 Å². The van der Waals surface area contributed by atoms with Crippen molar-refractivity contribution in [3.8, 4) is 0 Å². The summed E-state index contributed by atoms with van der Waals surface area (Å²) in [6, 6.07) is 0. The van der Waals surface area contributed by atoms with Crippen molar-refractivity contribution in [2.45, 2.75) is 0 Å². The molecule has 0 bridgehead atoms. The topological polar surface area (TPSA) is 52.6 Å². The highest BCUT2D eigenvalue weighted by atomic mass is 16.6. The maximum atomic E-state index is 11.0. The maximum absolute atomic E-state index is 11.0. The van der Waals surface area contributed by atoms with Gasteiger partial charge in [0.25, 0.3) is 0 Å². The molecule has 4 heteroatoms. The normalized spacial score (nSPS) is 8.57. The Labute approximate surface area is 82.5 Å². The minimum absolute atomic E-state index is 0.0343. The Bertz CT molecular complexity index is 239. The first kappa shape index (κ1) is 12.2. The second kappa shape index (κ2) is 6.65. The summed E-state index contributed by atoms with van der Waals surface area (Å²) in [5, 5.41) is 0. The molecule has 0 saturated carbocycles. The Morgan fingerprint density at radius 3 is 1.64 bits per heavy atom. The monoisotopic (exact) mass is 196 g/mol. The summed E-state index contributed by atoms with van der Waals surface area (Å²) in [5.41, 5.74) is -0.339. The fourth-order valence-corrected chi connectivity index (χ4v) is 0.527. The number of esters is 2. The first-order chi connectivity index (χ1) is 6.63. The summed E-state index contributed by atoms with van der Waals surface area (Å²) < 4.78 is 9.14. The lowest BCUT2D eigenvalue weighted by Crippen LogP contribution is -2.17. The Hall–Kier alpha value is -1.84. The van der Waals surface area contributed by atoms with E-state index in [2.05, 4.69) is 29.2 Å². The molecule has 14 heavy (non-hydrogen) atoms. The SMILES string of the molecule is C=CCOC(=O)C(=C)C(=O)OCC=C. The van der Waals surface area contributed by atoms with Crippen molar-refractivity contribution < 1.29 is 19.1 Å². The lowest BCUT2D eigenvalue weighted by atomic mass is 10.3. The molecule has 0 spiro atoms. The van der Waals surface area contributed by atoms with Crippen molar-refractivity contribution in [1.82, 2.24) is 0 Å². The van der Waals surface area contributed by atoms with Crippen molar-refractivity contribution in [1.29, 1.82) is 0 Å². The number of ether oxygens (including phenoxy) is 2. The Morgan fingerprint density at radius 2 is 1.36 bits per heavy atom. The van der Waals surface area contributed by atoms with Gasteiger partial charge in [0.1, 0.15) is 18.8 Å². The summed E-state index contributed by atoms with van der Waals surface area (Å²) in [4.78, 5) is 22.0. The third-order valence-electron chi connectivity index (χ3n) is 1.16. The van der Waals surface area contributed by atoms with E-state index in [0.29, 0.717) is 0 Å². The lowest BCUT2D eigenvalue weighted by molar-refractivity contribution is -0.145. The third-order valence-corrected chi connectivity index (χ3v) is 1.16. The van der Waals surface area contributed by atoms with Gasteiger partial charge in [0, 0.05) is 0 Å². The zero-order chi connectivity index (χ0) is 11.0. The zero-order valence-electron chi connectivity index (χ0n) is 7.82. The predicted octanol–water partition coefficient (Wildman–Crippen LogP) is 1.00. The van der Waals surface area contributed by atoms with Crippen LogP contribution in [0.15, 0.2) is 37.5 Å². The number of carbonyl (C=O) groups excluding carboxylic acids is 2. The molecular weight excluding hydrogens is 184 g/mol. The zero-order valence-corrected chi connectivity index (χ0v) is 7.82. The molecule has 76 valence electrons. The molecule has 0 amide bonds. The van der Waals surface area contributed by atoms with E-state index < -0.39 is 11.9 Å². The van der Waals surface area contributed by atoms with Gasteiger partial charge in [-0.25, -0.2) is 9.59 Å². The second-order valence-corrected chi connectivity index (χ2v) is 2.25. The molecule has 0 radical (unpaired) electrons. The van der Waals surface area contributed by atoms with Crippen LogP contribution in [0, 0.1) is 0 Å². The number of hydrogen-bond acceptors (Lipinski definition) is 4. The van der Waals surface area contributed by atoms with Crippen LogP contribution in [0.2, 0.25) is 0 Å². The highest BCUT2D eigenvalue weighted by Gasteiger charge is 2.17. The number of rotatable bonds is 6. The van der Waals surface area contributed by atoms with Gasteiger partial charge in [-0.05, 0) is 0 Å². The fraction of sp³-hybridized carbons (Fsp3) is 0.200. The number of carbonyl (C=O) groups is 2. The van der Waals surface area contributed by atoms with Gasteiger partial charge in [0.05, 0.1) is 0 Å². The van der Waals surface area contributed by atoms with Crippen LogP contribution >= 0.6 is 0 Å². The van der Waals surface area contributed by atoms with E-state index in [4.69, 9.17) is 0 Å². The Balaban J connectivity index is 4.03. The molecule has 0 unspecified atom stereocenters. The molecule has 0 aliphatic carbocycles. The highest BCUT2D eigenvalue weighted by molar-refractivity contribution is 6.13. The van der Waals surface area contributed by atoms with E-state index in [1.807, 2.05) is 0 Å². The predicted molar refractivity (Wildman–Crippen MR) is 51.5 cm³/mol. The van der Waals surface area contributed by atoms with E-state index in [0.717, 1.165) is 0 Å². The molecule has 0 fully saturated rings. The van der Waals surface area contributed by atoms with Crippen LogP contribution < -0.4 is 0 Å². The average Bonchev–Trinajstić information content (AvgIpc) is 2.21. The molecular formula is C10H12O4. The van der Waals surface area contributed by atoms with E-state index in [1.165, 1.54) is 12.2 Å². The van der Waals surface area contributed by atoms with Crippen molar-refractivity contribution in [2.24, 2.45) is 0 Å². The summed E-state index contributed by atoms with van der Waals surface area (Å²) in [5.74, 6) is -1.61. The van der Waals surface area contributed by atoms with Crippen LogP contribution in [0.3, 0.4) is 0 Å². The minimum Gasteiger partial charge on any atom is -0.458 e. The molecule has 0 heterocycles. The molecule has 0 saturated heterocycles. The van der Waals surface area contributed by atoms with Crippen molar-refractivity contribution in [2.75, 3.05) is 13.2 Å². The first-order valence-electron chi connectivity index (χ1n) is 3.88. The minimum atomic E-state index is -0.807. The first-order valence-corrected chi connectivity index (χ1v) is 3.88. The van der Waals surface area contributed by atoms with Gasteiger partial charge >= 0.3 is 11.9 Å². The van der Waals surface area contributed by atoms with Gasteiger partial charge in [-0.1, -0.05) is 31.9 Å². The summed E-state index contributed by atoms with van der Waals surface area (Å²) in [7, 11) is 0. The molecule has 0 aromatic rings. The van der Waals surface area contributed by atoms with Crippen LogP contribution in [0.1, 0.15) is 0 Å². The van der Waals surface area contributed by atoms with Gasteiger partial charge in [0.2, 0.25) is 0 Å². The number of hydrogen-bond donors (Lipinski definition) is 0. The highest BCUT2D eigenvalue weighted by Crippen LogP contribution is 1.98. The molecule has 0 aromatic carbocycles. The van der Waals surface area contributed by atoms with Crippen molar-refractivity contribution >= 4 is 11.9 Å². The van der Waals surface area contributed by atoms with Crippen LogP contribution in [0.25, 0.3) is 0 Å². The summed E-state index contributed by atoms with van der Waals surface area (Å²) in [6.45, 7) is 10.0. The van der Waals surface area contributed by atoms with Crippen LogP contribution in [-0.2, 0) is 19.1 Å². The van der Waals surface area contributed by atoms with E-state index in [-0.39, 0.29) is 18.8 Å². The van der Waals surface area contributed by atoms with E-state index in [1.54, 1.807) is 0 Å². The molecule has 0 atom stereocenters. The molecule has 0 aliphatic rings. The maximum Gasteiger partial charge on any atom is 0.345 e. The standard InChI is InChI=1S/C10H12O4/c1-4-6-13-9(11)8(3)10(12)14-7-5-2/h4-5H,1-3,6-7H2. The van der Waals surface area contributed by atoms with Gasteiger partial charge in [-0.2, -0.15) is 0 Å². The van der Waals surface area contributed by atoms with Crippen LogP contribution in [0.5, 0.6) is 0 Å². The molecule has 0 aromatic heterocycles. The largest absolute Gasteiger partial charge is 0.458 e. The summed E-state index contributed by atoms with van der Waals surface area (Å²) >= 11 is 0. The van der Waals surface area contributed by atoms with Gasteiger partial charge in [0.15, 0.2) is 0 Å². The van der Waals surface area contributed by atoms with Gasteiger partial charge < -0.3 is 9.47 Å². The Kier molecular flexibility index (Phi) is 5.78. The third kappa shape index (κ3) is 4.25. The van der Waals surface area contributed by atoms with Crippen molar-refractivity contribution in [3.63, 3.8) is 0 Å². The van der Waals surface area contributed by atoms with Gasteiger partial charge in [-0.15, -0.1) is 0 Å². The second-order valence-electron chi connectivity index (χ2n) is 2.25. The average molecular weight is 196 g/mol. The Morgan fingerprint density at radius 1 is 1.00 bits per heavy atom. The smallest absolute Gasteiger partial charge is 0.345 e. The van der Waals surface area contributed by atoms with Gasteiger partial charge in [-0.3, -0.25) is 0 Å². The lowest BCUT2D eigenvalue weighted by Gasteiger charge is -2.04. The molecule has 0 N–H and O–H groups in total. The molecule has 0 rings (SSSR count). The fourth-order valence-electron chi connectivity index (χ4n) is 0.527. The van der Waals surface area contributed by atoms with E-state index >= 15 is 0 Å². The van der Waals surface area contributed by atoms with E-state index in [9.17, 15) is 9.59 Å². The van der Waals surface area contributed by atoms with Crippen molar-refractivity contribution in [3.05, 3.63) is 37.5 Å².